The van der Waals surface area contributed by atoms with Gasteiger partial charge in [-0.15, -0.1) is 0 Å². The fraction of sp³-hybridized carbons (Fsp3) is 0.462. The molecule has 0 amide bonds. The van der Waals surface area contributed by atoms with E-state index in [2.05, 4.69) is 5.32 Å². The van der Waals surface area contributed by atoms with Crippen molar-refractivity contribution in [2.45, 2.75) is 32.2 Å². The van der Waals surface area contributed by atoms with E-state index in [1.54, 1.807) is 12.1 Å². The number of halogens is 1. The van der Waals surface area contributed by atoms with Gasteiger partial charge in [-0.2, -0.15) is 0 Å². The van der Waals surface area contributed by atoms with Gasteiger partial charge in [0.1, 0.15) is 5.82 Å². The van der Waals surface area contributed by atoms with Gasteiger partial charge in [-0.1, -0.05) is 19.1 Å². The van der Waals surface area contributed by atoms with Gasteiger partial charge in [0.2, 0.25) is 0 Å². The molecule has 2 N–H and O–H groups in total. The van der Waals surface area contributed by atoms with E-state index in [9.17, 15) is 9.18 Å². The van der Waals surface area contributed by atoms with Crippen LogP contribution in [-0.2, 0) is 11.2 Å². The Hall–Kier alpha value is -1.42. The normalized spacial score (nSPS) is 12.4. The van der Waals surface area contributed by atoms with Crippen molar-refractivity contribution in [2.75, 3.05) is 6.54 Å². The third-order valence-corrected chi connectivity index (χ3v) is 2.50. The number of nitrogens with one attached hydrogen (secondary N) is 1. The van der Waals surface area contributed by atoms with Gasteiger partial charge in [0.15, 0.2) is 0 Å². The third-order valence-electron chi connectivity index (χ3n) is 2.50. The minimum atomic E-state index is -0.819. The lowest BCUT2D eigenvalue weighted by Gasteiger charge is -2.16. The van der Waals surface area contributed by atoms with Crippen LogP contribution in [0.1, 0.15) is 25.3 Å². The first-order chi connectivity index (χ1) is 8.11. The molecule has 17 heavy (non-hydrogen) atoms. The Balaban J connectivity index is 2.57. The molecule has 1 aromatic rings. The first-order valence-electron chi connectivity index (χ1n) is 5.81. The average molecular weight is 239 g/mol. The van der Waals surface area contributed by atoms with Crippen molar-refractivity contribution in [1.29, 1.82) is 0 Å². The van der Waals surface area contributed by atoms with E-state index in [1.807, 2.05) is 6.92 Å². The van der Waals surface area contributed by atoms with Crippen molar-refractivity contribution in [3.05, 3.63) is 35.6 Å². The molecule has 0 aliphatic carbocycles. The maximum atomic E-state index is 12.7. The second-order valence-electron chi connectivity index (χ2n) is 4.08. The van der Waals surface area contributed by atoms with E-state index in [0.29, 0.717) is 6.42 Å². The molecule has 0 bridgehead atoms. The number of hydrogen-bond acceptors (Lipinski definition) is 2. The molecule has 0 heterocycles. The van der Waals surface area contributed by atoms with Gasteiger partial charge in [-0.3, -0.25) is 4.79 Å². The Morgan fingerprint density at radius 2 is 2.06 bits per heavy atom. The van der Waals surface area contributed by atoms with Gasteiger partial charge < -0.3 is 10.4 Å². The highest BCUT2D eigenvalue weighted by atomic mass is 19.1. The van der Waals surface area contributed by atoms with E-state index in [4.69, 9.17) is 5.11 Å². The number of hydrogen-bond donors (Lipinski definition) is 2. The van der Waals surface area contributed by atoms with Crippen LogP contribution in [0.15, 0.2) is 24.3 Å². The van der Waals surface area contributed by atoms with Crippen LogP contribution in [0.3, 0.4) is 0 Å². The highest BCUT2D eigenvalue weighted by molar-refractivity contribution is 5.67. The van der Waals surface area contributed by atoms with Crippen molar-refractivity contribution in [3.8, 4) is 0 Å². The summed E-state index contributed by atoms with van der Waals surface area (Å²) < 4.78 is 12.7. The van der Waals surface area contributed by atoms with Crippen molar-refractivity contribution in [3.63, 3.8) is 0 Å². The zero-order chi connectivity index (χ0) is 12.7. The fourth-order valence-corrected chi connectivity index (χ4v) is 1.68. The van der Waals surface area contributed by atoms with Gasteiger partial charge >= 0.3 is 5.97 Å². The van der Waals surface area contributed by atoms with Crippen LogP contribution in [0.4, 0.5) is 4.39 Å². The smallest absolute Gasteiger partial charge is 0.304 e. The minimum Gasteiger partial charge on any atom is -0.481 e. The summed E-state index contributed by atoms with van der Waals surface area (Å²) >= 11 is 0. The maximum absolute atomic E-state index is 12.7. The average Bonchev–Trinajstić information content (AvgIpc) is 2.28. The van der Waals surface area contributed by atoms with Gasteiger partial charge in [0.05, 0.1) is 6.42 Å². The van der Waals surface area contributed by atoms with Crippen LogP contribution in [0.25, 0.3) is 0 Å². The largest absolute Gasteiger partial charge is 0.481 e. The van der Waals surface area contributed by atoms with E-state index in [0.717, 1.165) is 18.5 Å². The molecule has 0 aromatic heterocycles. The summed E-state index contributed by atoms with van der Waals surface area (Å²) in [6.45, 7) is 2.82. The van der Waals surface area contributed by atoms with Gasteiger partial charge in [-0.05, 0) is 37.1 Å². The van der Waals surface area contributed by atoms with Crippen LogP contribution in [0.2, 0.25) is 0 Å². The molecule has 0 spiro atoms. The summed E-state index contributed by atoms with van der Waals surface area (Å²) in [5.74, 6) is -1.09. The molecule has 1 rings (SSSR count). The summed E-state index contributed by atoms with van der Waals surface area (Å²) in [7, 11) is 0. The van der Waals surface area contributed by atoms with Crippen molar-refractivity contribution in [1.82, 2.24) is 5.32 Å². The molecular weight excluding hydrogens is 221 g/mol. The zero-order valence-corrected chi connectivity index (χ0v) is 9.95. The first kappa shape index (κ1) is 13.6. The monoisotopic (exact) mass is 239 g/mol. The second kappa shape index (κ2) is 7.01. The zero-order valence-electron chi connectivity index (χ0n) is 9.95. The van der Waals surface area contributed by atoms with Crippen LogP contribution < -0.4 is 5.32 Å². The molecule has 3 nitrogen and oxygen atoms in total. The molecule has 1 aromatic carbocycles. The summed E-state index contributed by atoms with van der Waals surface area (Å²) in [4.78, 5) is 10.7. The number of carbonyl (C=O) groups is 1. The molecule has 0 saturated carbocycles. The summed E-state index contributed by atoms with van der Waals surface area (Å²) in [5.41, 5.74) is 0.946. The standard InChI is InChI=1S/C13H18FNO2/c1-2-7-15-12(9-13(16)17)8-10-3-5-11(14)6-4-10/h3-6,12,15H,2,7-9H2,1H3,(H,16,17). The fourth-order valence-electron chi connectivity index (χ4n) is 1.68. The lowest BCUT2D eigenvalue weighted by atomic mass is 10.0. The lowest BCUT2D eigenvalue weighted by Crippen LogP contribution is -2.33. The molecule has 0 aliphatic rings. The predicted octanol–water partition coefficient (Wildman–Crippen LogP) is 2.21. The van der Waals surface area contributed by atoms with Gasteiger partial charge in [0, 0.05) is 6.04 Å². The molecule has 94 valence electrons. The van der Waals surface area contributed by atoms with Crippen LogP contribution in [0, 0.1) is 5.82 Å². The number of rotatable bonds is 7. The highest BCUT2D eigenvalue weighted by Crippen LogP contribution is 2.08. The molecule has 0 radical (unpaired) electrons. The number of carboxylic acids is 1. The summed E-state index contributed by atoms with van der Waals surface area (Å²) in [5, 5.41) is 12.0. The van der Waals surface area contributed by atoms with Crippen LogP contribution in [-0.4, -0.2) is 23.7 Å². The molecule has 1 unspecified atom stereocenters. The van der Waals surface area contributed by atoms with Crippen molar-refractivity contribution in [2.24, 2.45) is 0 Å². The summed E-state index contributed by atoms with van der Waals surface area (Å²) in [6, 6.07) is 6.08. The third kappa shape index (κ3) is 5.45. The second-order valence-corrected chi connectivity index (χ2v) is 4.08. The number of carboxylic acid groups (broad SMARTS) is 1. The Kier molecular flexibility index (Phi) is 5.63. The van der Waals surface area contributed by atoms with Gasteiger partial charge in [-0.25, -0.2) is 4.39 Å². The van der Waals surface area contributed by atoms with E-state index >= 15 is 0 Å². The Morgan fingerprint density at radius 3 is 2.59 bits per heavy atom. The maximum Gasteiger partial charge on any atom is 0.304 e. The minimum absolute atomic E-state index is 0.0807. The van der Waals surface area contributed by atoms with E-state index in [1.165, 1.54) is 12.1 Å². The van der Waals surface area contributed by atoms with Crippen molar-refractivity contribution < 1.29 is 14.3 Å². The summed E-state index contributed by atoms with van der Waals surface area (Å²) in [6.07, 6.45) is 1.64. The first-order valence-corrected chi connectivity index (χ1v) is 5.81. The highest BCUT2D eigenvalue weighted by Gasteiger charge is 2.12. The van der Waals surface area contributed by atoms with Crippen molar-refractivity contribution >= 4 is 5.97 Å². The number of aliphatic carboxylic acids is 1. The molecular formula is C13H18FNO2. The molecule has 0 saturated heterocycles. The molecule has 1 atom stereocenters. The number of benzene rings is 1. The predicted molar refractivity (Wildman–Crippen MR) is 64.4 cm³/mol. The van der Waals surface area contributed by atoms with Gasteiger partial charge in [0.25, 0.3) is 0 Å². The molecule has 0 fully saturated rings. The molecule has 0 aliphatic heterocycles. The lowest BCUT2D eigenvalue weighted by molar-refractivity contribution is -0.137. The molecule has 4 heteroatoms. The Labute approximate surface area is 101 Å². The van der Waals surface area contributed by atoms with E-state index < -0.39 is 5.97 Å². The Bertz CT molecular complexity index is 351. The Morgan fingerprint density at radius 1 is 1.41 bits per heavy atom. The van der Waals surface area contributed by atoms with Crippen LogP contribution >= 0.6 is 0 Å². The van der Waals surface area contributed by atoms with Crippen LogP contribution in [0.5, 0.6) is 0 Å². The van der Waals surface area contributed by atoms with E-state index in [-0.39, 0.29) is 18.3 Å². The quantitative estimate of drug-likeness (QED) is 0.767. The topological polar surface area (TPSA) is 49.3 Å². The SMILES string of the molecule is CCCNC(CC(=O)O)Cc1ccc(F)cc1.